The number of carboxylic acid groups (broad SMARTS) is 1. The summed E-state index contributed by atoms with van der Waals surface area (Å²) in [6, 6.07) is 2.94. The van der Waals surface area contributed by atoms with Crippen LogP contribution in [0.25, 0.3) is 0 Å². The molecule has 82 valence electrons. The molecule has 3 nitrogen and oxygen atoms in total. The maximum absolute atomic E-state index is 13.7. The number of rotatable bonds is 3. The van der Waals surface area contributed by atoms with Crippen molar-refractivity contribution in [3.63, 3.8) is 0 Å². The van der Waals surface area contributed by atoms with Crippen LogP contribution in [0.15, 0.2) is 16.6 Å². The topological polar surface area (TPSA) is 46.5 Å². The fraction of sp³-hybridized carbons (Fsp3) is 0.300. The van der Waals surface area contributed by atoms with Crippen molar-refractivity contribution in [2.24, 2.45) is 0 Å². The minimum absolute atomic E-state index is 0.134. The number of hydrogen-bond donors (Lipinski definition) is 1. The van der Waals surface area contributed by atoms with Gasteiger partial charge in [0.15, 0.2) is 0 Å². The predicted octanol–water partition coefficient (Wildman–Crippen LogP) is 2.78. The largest absolute Gasteiger partial charge is 0.495 e. The normalized spacial score (nSPS) is 12.3. The SMILES string of the molecule is COc1ccc(C(C)C(=O)O)c(F)c1Br. The van der Waals surface area contributed by atoms with Gasteiger partial charge >= 0.3 is 5.97 Å². The summed E-state index contributed by atoms with van der Waals surface area (Å²) < 4.78 is 18.7. The molecule has 0 aliphatic carbocycles. The van der Waals surface area contributed by atoms with Crippen LogP contribution in [0.4, 0.5) is 4.39 Å². The Hall–Kier alpha value is -1.10. The van der Waals surface area contributed by atoms with Gasteiger partial charge in [0.05, 0.1) is 17.5 Å². The Kier molecular flexibility index (Phi) is 3.68. The van der Waals surface area contributed by atoms with Gasteiger partial charge in [-0.3, -0.25) is 4.79 Å². The third-order valence-electron chi connectivity index (χ3n) is 2.13. The van der Waals surface area contributed by atoms with Crippen molar-refractivity contribution >= 4 is 21.9 Å². The first-order chi connectivity index (χ1) is 6.99. The van der Waals surface area contributed by atoms with Crippen molar-refractivity contribution in [3.05, 3.63) is 28.0 Å². The second-order valence-corrected chi connectivity index (χ2v) is 3.84. The maximum atomic E-state index is 13.7. The van der Waals surface area contributed by atoms with Gasteiger partial charge < -0.3 is 9.84 Å². The van der Waals surface area contributed by atoms with Gasteiger partial charge in [-0.25, -0.2) is 4.39 Å². The number of carboxylic acids is 1. The first-order valence-corrected chi connectivity index (χ1v) is 5.03. The van der Waals surface area contributed by atoms with E-state index >= 15 is 0 Å². The highest BCUT2D eigenvalue weighted by atomic mass is 79.9. The van der Waals surface area contributed by atoms with Gasteiger partial charge in [-0.1, -0.05) is 6.07 Å². The Bertz CT molecular complexity index is 392. The summed E-state index contributed by atoms with van der Waals surface area (Å²) in [5, 5.41) is 8.76. The van der Waals surface area contributed by atoms with Crippen LogP contribution >= 0.6 is 15.9 Å². The lowest BCUT2D eigenvalue weighted by molar-refractivity contribution is -0.138. The molecule has 1 unspecified atom stereocenters. The highest BCUT2D eigenvalue weighted by Gasteiger charge is 2.21. The average Bonchev–Trinajstić information content (AvgIpc) is 2.21. The first-order valence-electron chi connectivity index (χ1n) is 4.23. The number of aliphatic carboxylic acids is 1. The van der Waals surface area contributed by atoms with E-state index in [9.17, 15) is 9.18 Å². The van der Waals surface area contributed by atoms with Gasteiger partial charge in [0, 0.05) is 5.56 Å². The molecule has 0 saturated heterocycles. The Labute approximate surface area is 95.0 Å². The van der Waals surface area contributed by atoms with Gasteiger partial charge in [-0.15, -0.1) is 0 Å². The highest BCUT2D eigenvalue weighted by Crippen LogP contribution is 2.32. The van der Waals surface area contributed by atoms with E-state index in [1.165, 1.54) is 26.2 Å². The lowest BCUT2D eigenvalue weighted by atomic mass is 10.0. The van der Waals surface area contributed by atoms with Crippen LogP contribution in [0, 0.1) is 5.82 Å². The van der Waals surface area contributed by atoms with E-state index in [1.807, 2.05) is 0 Å². The minimum Gasteiger partial charge on any atom is -0.495 e. The molecule has 0 aliphatic heterocycles. The third-order valence-corrected chi connectivity index (χ3v) is 2.87. The monoisotopic (exact) mass is 276 g/mol. The summed E-state index contributed by atoms with van der Waals surface area (Å²) >= 11 is 3.02. The summed E-state index contributed by atoms with van der Waals surface area (Å²) in [7, 11) is 1.42. The average molecular weight is 277 g/mol. The lowest BCUT2D eigenvalue weighted by Crippen LogP contribution is -2.09. The van der Waals surface area contributed by atoms with E-state index in [2.05, 4.69) is 15.9 Å². The predicted molar refractivity (Wildman–Crippen MR) is 56.7 cm³/mol. The van der Waals surface area contributed by atoms with Crippen molar-refractivity contribution in [1.29, 1.82) is 0 Å². The van der Waals surface area contributed by atoms with Crippen molar-refractivity contribution in [3.8, 4) is 5.75 Å². The molecule has 0 amide bonds. The number of ether oxygens (including phenoxy) is 1. The molecule has 5 heteroatoms. The van der Waals surface area contributed by atoms with E-state index in [1.54, 1.807) is 0 Å². The summed E-state index contributed by atoms with van der Waals surface area (Å²) in [5.74, 6) is -2.20. The molecule has 1 aromatic rings. The van der Waals surface area contributed by atoms with Crippen LogP contribution < -0.4 is 4.74 Å². The van der Waals surface area contributed by atoms with Crippen LogP contribution in [-0.2, 0) is 4.79 Å². The fourth-order valence-electron chi connectivity index (χ4n) is 1.17. The Morgan fingerprint density at radius 1 is 1.60 bits per heavy atom. The molecule has 1 aromatic carbocycles. The maximum Gasteiger partial charge on any atom is 0.310 e. The number of benzene rings is 1. The van der Waals surface area contributed by atoms with Crippen LogP contribution in [-0.4, -0.2) is 18.2 Å². The zero-order valence-electron chi connectivity index (χ0n) is 8.25. The Morgan fingerprint density at radius 3 is 2.67 bits per heavy atom. The molecule has 0 heterocycles. The van der Waals surface area contributed by atoms with Gasteiger partial charge in [0.1, 0.15) is 11.6 Å². The number of carbonyl (C=O) groups is 1. The van der Waals surface area contributed by atoms with E-state index in [0.29, 0.717) is 5.75 Å². The molecule has 1 rings (SSSR count). The van der Waals surface area contributed by atoms with Crippen LogP contribution in [0.1, 0.15) is 18.4 Å². The van der Waals surface area contributed by atoms with Crippen molar-refractivity contribution in [1.82, 2.24) is 0 Å². The molecule has 0 fully saturated rings. The molecule has 1 atom stereocenters. The number of halogens is 2. The van der Waals surface area contributed by atoms with E-state index < -0.39 is 17.7 Å². The molecule has 0 saturated carbocycles. The van der Waals surface area contributed by atoms with Gasteiger partial charge in [0.25, 0.3) is 0 Å². The van der Waals surface area contributed by atoms with Gasteiger partial charge in [-0.05, 0) is 28.9 Å². The van der Waals surface area contributed by atoms with Gasteiger partial charge in [-0.2, -0.15) is 0 Å². The van der Waals surface area contributed by atoms with E-state index in [0.717, 1.165) is 0 Å². The van der Waals surface area contributed by atoms with Gasteiger partial charge in [0.2, 0.25) is 0 Å². The summed E-state index contributed by atoms with van der Waals surface area (Å²) in [5.41, 5.74) is 0.134. The molecule has 0 radical (unpaired) electrons. The molecule has 0 spiro atoms. The highest BCUT2D eigenvalue weighted by molar-refractivity contribution is 9.10. The first kappa shape index (κ1) is 12.0. The Balaban J connectivity index is 3.23. The second kappa shape index (κ2) is 4.61. The zero-order chi connectivity index (χ0) is 11.6. The molecule has 0 bridgehead atoms. The number of hydrogen-bond acceptors (Lipinski definition) is 2. The third kappa shape index (κ3) is 2.28. The van der Waals surface area contributed by atoms with Crippen molar-refractivity contribution in [2.45, 2.75) is 12.8 Å². The van der Waals surface area contributed by atoms with Crippen LogP contribution in [0.5, 0.6) is 5.75 Å². The standard InChI is InChI=1S/C10H10BrFO3/c1-5(10(13)14)6-3-4-7(15-2)8(11)9(6)12/h3-5H,1-2H3,(H,13,14). The summed E-state index contributed by atoms with van der Waals surface area (Å²) in [6.07, 6.45) is 0. The van der Waals surface area contributed by atoms with E-state index in [-0.39, 0.29) is 10.0 Å². The summed E-state index contributed by atoms with van der Waals surface area (Å²) in [4.78, 5) is 10.7. The number of methoxy groups -OCH3 is 1. The molecule has 0 aromatic heterocycles. The second-order valence-electron chi connectivity index (χ2n) is 3.04. The van der Waals surface area contributed by atoms with Crippen molar-refractivity contribution < 1.29 is 19.0 Å². The van der Waals surface area contributed by atoms with E-state index in [4.69, 9.17) is 9.84 Å². The fourth-order valence-corrected chi connectivity index (χ4v) is 1.69. The smallest absolute Gasteiger partial charge is 0.310 e. The molecule has 0 aliphatic rings. The zero-order valence-corrected chi connectivity index (χ0v) is 9.84. The molecule has 1 N–H and O–H groups in total. The quantitative estimate of drug-likeness (QED) is 0.924. The van der Waals surface area contributed by atoms with Crippen LogP contribution in [0.3, 0.4) is 0 Å². The summed E-state index contributed by atoms with van der Waals surface area (Å²) in [6.45, 7) is 1.43. The van der Waals surface area contributed by atoms with Crippen LogP contribution in [0.2, 0.25) is 0 Å². The molecular weight excluding hydrogens is 267 g/mol. The van der Waals surface area contributed by atoms with Crippen molar-refractivity contribution in [2.75, 3.05) is 7.11 Å². The molecular formula is C10H10BrFO3. The lowest BCUT2D eigenvalue weighted by Gasteiger charge is -2.11. The molecule has 15 heavy (non-hydrogen) atoms. The Morgan fingerprint density at radius 2 is 2.20 bits per heavy atom. The minimum atomic E-state index is -1.06.